The van der Waals surface area contributed by atoms with Crippen LogP contribution in [0, 0.1) is 0 Å². The summed E-state index contributed by atoms with van der Waals surface area (Å²) in [5, 5.41) is 10.4. The molecule has 16 heavy (non-hydrogen) atoms. The number of carbonyl (C=O) groups is 2. The summed E-state index contributed by atoms with van der Waals surface area (Å²) in [6, 6.07) is 0. The fourth-order valence-electron chi connectivity index (χ4n) is 1.43. The van der Waals surface area contributed by atoms with Crippen molar-refractivity contribution in [2.75, 3.05) is 13.6 Å². The van der Waals surface area contributed by atoms with Gasteiger partial charge in [0, 0.05) is 7.05 Å². The topological polar surface area (TPSA) is 69.6 Å². The Morgan fingerprint density at radius 3 is 2.25 bits per heavy atom. The van der Waals surface area contributed by atoms with Crippen LogP contribution in [0.3, 0.4) is 0 Å². The van der Waals surface area contributed by atoms with Crippen molar-refractivity contribution in [1.29, 1.82) is 0 Å². The number of halogens is 3. The van der Waals surface area contributed by atoms with E-state index in [9.17, 15) is 22.8 Å². The van der Waals surface area contributed by atoms with Gasteiger partial charge < -0.3 is 15.3 Å². The summed E-state index contributed by atoms with van der Waals surface area (Å²) in [4.78, 5) is 22.4. The molecule has 5 nitrogen and oxygen atoms in total. The van der Waals surface area contributed by atoms with Gasteiger partial charge in [-0.15, -0.1) is 0 Å². The molecule has 0 atom stereocenters. The highest BCUT2D eigenvalue weighted by atomic mass is 19.4. The molecule has 0 aliphatic heterocycles. The second-order valence-corrected chi connectivity index (χ2v) is 3.79. The molecule has 8 heteroatoms. The fraction of sp³-hybridized carbons (Fsp3) is 0.750. The van der Waals surface area contributed by atoms with Gasteiger partial charge in [-0.05, 0) is 12.8 Å². The van der Waals surface area contributed by atoms with Gasteiger partial charge in [0.05, 0.1) is 0 Å². The molecule has 1 aliphatic carbocycles. The molecule has 1 aliphatic rings. The lowest BCUT2D eigenvalue weighted by atomic mass is 10.2. The van der Waals surface area contributed by atoms with E-state index in [1.165, 1.54) is 0 Å². The molecule has 1 saturated carbocycles. The number of amides is 2. The Bertz CT molecular complexity index is 312. The highest BCUT2D eigenvalue weighted by Gasteiger charge is 2.53. The van der Waals surface area contributed by atoms with Crippen LogP contribution >= 0.6 is 0 Å². The van der Waals surface area contributed by atoms with Crippen molar-refractivity contribution in [2.24, 2.45) is 0 Å². The van der Waals surface area contributed by atoms with Crippen LogP contribution in [-0.4, -0.2) is 47.3 Å². The number of hydrogen-bond acceptors (Lipinski definition) is 2. The summed E-state index contributed by atoms with van der Waals surface area (Å²) in [6.45, 7) is -1.38. The molecule has 0 aromatic heterocycles. The Morgan fingerprint density at radius 2 is 1.94 bits per heavy atom. The Balaban J connectivity index is 2.61. The number of rotatable bonds is 3. The largest absolute Gasteiger partial charge is 0.465 e. The highest BCUT2D eigenvalue weighted by Crippen LogP contribution is 2.37. The third-order valence-electron chi connectivity index (χ3n) is 2.27. The quantitative estimate of drug-likeness (QED) is 0.766. The molecule has 0 heterocycles. The maximum atomic E-state index is 12.0. The van der Waals surface area contributed by atoms with Crippen molar-refractivity contribution in [3.8, 4) is 0 Å². The lowest BCUT2D eigenvalue weighted by molar-refractivity contribution is -0.160. The summed E-state index contributed by atoms with van der Waals surface area (Å²) in [5.74, 6) is -0.841. The maximum Gasteiger partial charge on any atom is 0.406 e. The van der Waals surface area contributed by atoms with E-state index in [1.54, 1.807) is 0 Å². The predicted octanol–water partition coefficient (Wildman–Crippen LogP) is 0.807. The van der Waals surface area contributed by atoms with Crippen LogP contribution in [0.15, 0.2) is 0 Å². The summed E-state index contributed by atoms with van der Waals surface area (Å²) >= 11 is 0. The molecule has 2 amide bonds. The fourth-order valence-corrected chi connectivity index (χ4v) is 1.43. The van der Waals surface area contributed by atoms with Crippen LogP contribution in [0.25, 0.3) is 0 Å². The van der Waals surface area contributed by atoms with E-state index in [4.69, 9.17) is 5.11 Å². The standard InChI is InChI=1S/C8H11F3N2O3/c1-13(4-8(9,10)11)5(14)7(2-3-7)12-6(15)16/h12H,2-4H2,1H3,(H,15,16). The number of nitrogens with zero attached hydrogens (tertiary/aromatic N) is 1. The van der Waals surface area contributed by atoms with Gasteiger partial charge >= 0.3 is 12.3 Å². The van der Waals surface area contributed by atoms with E-state index in [0.29, 0.717) is 4.90 Å². The smallest absolute Gasteiger partial charge is 0.406 e. The minimum atomic E-state index is -4.48. The first-order valence-corrected chi connectivity index (χ1v) is 4.50. The summed E-state index contributed by atoms with van der Waals surface area (Å²) in [6.07, 6.45) is -5.42. The van der Waals surface area contributed by atoms with Crippen molar-refractivity contribution in [2.45, 2.75) is 24.6 Å². The van der Waals surface area contributed by atoms with Crippen molar-refractivity contribution < 1.29 is 27.9 Å². The Hall–Kier alpha value is -1.47. The van der Waals surface area contributed by atoms with E-state index >= 15 is 0 Å². The van der Waals surface area contributed by atoms with E-state index in [0.717, 1.165) is 7.05 Å². The van der Waals surface area contributed by atoms with Gasteiger partial charge in [0.1, 0.15) is 12.1 Å². The number of hydrogen-bond donors (Lipinski definition) is 2. The lowest BCUT2D eigenvalue weighted by Crippen LogP contribution is -2.51. The third kappa shape index (κ3) is 3.01. The molecule has 1 rings (SSSR count). The number of likely N-dealkylation sites (N-methyl/N-ethyl adjacent to an activating group) is 1. The summed E-state index contributed by atoms with van der Waals surface area (Å²) in [7, 11) is 0.999. The van der Waals surface area contributed by atoms with Crippen LogP contribution < -0.4 is 5.32 Å². The Morgan fingerprint density at radius 1 is 1.44 bits per heavy atom. The van der Waals surface area contributed by atoms with Gasteiger partial charge in [-0.2, -0.15) is 13.2 Å². The molecule has 1 fully saturated rings. The second kappa shape index (κ2) is 3.84. The van der Waals surface area contributed by atoms with E-state index in [-0.39, 0.29) is 12.8 Å². The van der Waals surface area contributed by atoms with Crippen LogP contribution in [0.5, 0.6) is 0 Å². The molecule has 0 bridgehead atoms. The molecule has 0 saturated heterocycles. The Kier molecular flexibility index (Phi) is 3.02. The van der Waals surface area contributed by atoms with Crippen LogP contribution in [0.4, 0.5) is 18.0 Å². The zero-order valence-corrected chi connectivity index (χ0v) is 8.47. The van der Waals surface area contributed by atoms with E-state index in [2.05, 4.69) is 0 Å². The first-order chi connectivity index (χ1) is 7.16. The SMILES string of the molecule is CN(CC(F)(F)F)C(=O)C1(NC(=O)O)CC1. The second-order valence-electron chi connectivity index (χ2n) is 3.79. The zero-order chi connectivity index (χ0) is 12.6. The average molecular weight is 240 g/mol. The third-order valence-corrected chi connectivity index (χ3v) is 2.27. The minimum Gasteiger partial charge on any atom is -0.465 e. The monoisotopic (exact) mass is 240 g/mol. The van der Waals surface area contributed by atoms with Gasteiger partial charge in [-0.3, -0.25) is 4.79 Å². The molecule has 92 valence electrons. The van der Waals surface area contributed by atoms with Gasteiger partial charge in [0.15, 0.2) is 0 Å². The number of nitrogens with one attached hydrogen (secondary N) is 1. The first kappa shape index (κ1) is 12.6. The molecular weight excluding hydrogens is 229 g/mol. The van der Waals surface area contributed by atoms with E-state index in [1.807, 2.05) is 5.32 Å². The average Bonchev–Trinajstić information content (AvgIpc) is 2.80. The van der Waals surface area contributed by atoms with Crippen molar-refractivity contribution in [3.05, 3.63) is 0 Å². The van der Waals surface area contributed by atoms with Gasteiger partial charge in [0.25, 0.3) is 0 Å². The van der Waals surface area contributed by atoms with Crippen LogP contribution in [0.1, 0.15) is 12.8 Å². The maximum absolute atomic E-state index is 12.0. The van der Waals surface area contributed by atoms with Gasteiger partial charge in [-0.1, -0.05) is 0 Å². The van der Waals surface area contributed by atoms with Crippen molar-refractivity contribution in [1.82, 2.24) is 10.2 Å². The number of carbonyl (C=O) groups excluding carboxylic acids is 1. The summed E-state index contributed by atoms with van der Waals surface area (Å²) < 4.78 is 36.0. The predicted molar refractivity (Wildman–Crippen MR) is 46.8 cm³/mol. The first-order valence-electron chi connectivity index (χ1n) is 4.50. The molecule has 0 aromatic rings. The van der Waals surface area contributed by atoms with Crippen LogP contribution in [0.2, 0.25) is 0 Å². The number of alkyl halides is 3. The lowest BCUT2D eigenvalue weighted by Gasteiger charge is -2.24. The van der Waals surface area contributed by atoms with Crippen molar-refractivity contribution in [3.63, 3.8) is 0 Å². The molecule has 0 radical (unpaired) electrons. The Labute approximate surface area is 89.2 Å². The molecule has 0 unspecified atom stereocenters. The van der Waals surface area contributed by atoms with E-state index < -0.39 is 30.3 Å². The molecular formula is C8H11F3N2O3. The summed E-state index contributed by atoms with van der Waals surface area (Å²) in [5.41, 5.74) is -1.34. The zero-order valence-electron chi connectivity index (χ0n) is 8.47. The van der Waals surface area contributed by atoms with Gasteiger partial charge in [-0.25, -0.2) is 4.79 Å². The molecule has 2 N–H and O–H groups in total. The van der Waals surface area contributed by atoms with Crippen molar-refractivity contribution >= 4 is 12.0 Å². The van der Waals surface area contributed by atoms with Gasteiger partial charge in [0.2, 0.25) is 5.91 Å². The number of carboxylic acid groups (broad SMARTS) is 1. The highest BCUT2D eigenvalue weighted by molar-refractivity contribution is 5.92. The molecule has 0 spiro atoms. The molecule has 0 aromatic carbocycles. The normalized spacial score (nSPS) is 17.8. The minimum absolute atomic E-state index is 0.236. The van der Waals surface area contributed by atoms with Crippen LogP contribution in [-0.2, 0) is 4.79 Å².